The van der Waals surface area contributed by atoms with Gasteiger partial charge in [0.25, 0.3) is 0 Å². The van der Waals surface area contributed by atoms with Crippen molar-refractivity contribution in [1.29, 1.82) is 0 Å². The van der Waals surface area contributed by atoms with Gasteiger partial charge in [-0.25, -0.2) is 9.59 Å². The molecule has 142 valence electrons. The maximum absolute atomic E-state index is 12.5. The minimum atomic E-state index is -0.594. The van der Waals surface area contributed by atoms with Gasteiger partial charge in [-0.05, 0) is 30.2 Å². The van der Waals surface area contributed by atoms with Gasteiger partial charge >= 0.3 is 12.0 Å². The molecule has 2 amide bonds. The van der Waals surface area contributed by atoms with Crippen LogP contribution < -0.4 is 5.32 Å². The maximum atomic E-state index is 12.5. The molecule has 2 rings (SSSR count). The molecule has 6 nitrogen and oxygen atoms in total. The lowest BCUT2D eigenvalue weighted by Gasteiger charge is -2.35. The summed E-state index contributed by atoms with van der Waals surface area (Å²) in [5.41, 5.74) is 1.15. The van der Waals surface area contributed by atoms with E-state index in [1.807, 2.05) is 32.0 Å². The number of ether oxygens (including phenoxy) is 1. The lowest BCUT2D eigenvalue weighted by molar-refractivity contribution is -0.143. The van der Waals surface area contributed by atoms with Crippen LogP contribution in [0.1, 0.15) is 25.8 Å². The van der Waals surface area contributed by atoms with Crippen molar-refractivity contribution in [3.8, 4) is 0 Å². The maximum Gasteiger partial charge on any atom is 0.328 e. The molecule has 1 fully saturated rings. The lowest BCUT2D eigenvalue weighted by atomic mass is 10.0. The Morgan fingerprint density at radius 2 is 1.81 bits per heavy atom. The molecule has 1 aromatic carbocycles. The zero-order valence-corrected chi connectivity index (χ0v) is 15.9. The molecule has 0 radical (unpaired) electrons. The van der Waals surface area contributed by atoms with Crippen LogP contribution in [0.25, 0.3) is 6.08 Å². The Kier molecular flexibility index (Phi) is 7.51. The fraction of sp³-hybridized carbons (Fsp3) is 0.500. The molecule has 26 heavy (non-hydrogen) atoms. The molecule has 0 aliphatic carbocycles. The molecule has 1 atom stereocenters. The summed E-state index contributed by atoms with van der Waals surface area (Å²) in [7, 11) is 1.35. The highest BCUT2D eigenvalue weighted by Gasteiger charge is 2.26. The van der Waals surface area contributed by atoms with Crippen LogP contribution in [0.3, 0.4) is 0 Å². The van der Waals surface area contributed by atoms with Crippen molar-refractivity contribution in [2.75, 3.05) is 33.3 Å². The number of hydrogen-bond donors (Lipinski definition) is 1. The molecule has 1 aromatic rings. The summed E-state index contributed by atoms with van der Waals surface area (Å²) < 4.78 is 4.80. The van der Waals surface area contributed by atoms with E-state index in [-0.39, 0.29) is 6.03 Å². The van der Waals surface area contributed by atoms with Crippen LogP contribution >= 0.6 is 0 Å². The highest BCUT2D eigenvalue weighted by molar-refractivity contribution is 5.83. The van der Waals surface area contributed by atoms with E-state index >= 15 is 0 Å². The summed E-state index contributed by atoms with van der Waals surface area (Å²) in [6, 6.07) is 9.34. The molecular weight excluding hydrogens is 330 g/mol. The summed E-state index contributed by atoms with van der Waals surface area (Å²) in [6.07, 6.45) is 4.71. The third-order valence-corrected chi connectivity index (χ3v) is 4.37. The molecule has 0 saturated carbocycles. The fourth-order valence-electron chi connectivity index (χ4n) is 2.90. The van der Waals surface area contributed by atoms with Crippen molar-refractivity contribution in [2.24, 2.45) is 5.92 Å². The van der Waals surface area contributed by atoms with Gasteiger partial charge < -0.3 is 19.9 Å². The number of piperazine rings is 1. The number of benzene rings is 1. The average Bonchev–Trinajstić information content (AvgIpc) is 2.66. The number of carbonyl (C=O) groups is 2. The van der Waals surface area contributed by atoms with E-state index in [9.17, 15) is 9.59 Å². The average molecular weight is 359 g/mol. The van der Waals surface area contributed by atoms with Crippen LogP contribution in [-0.2, 0) is 9.53 Å². The first-order chi connectivity index (χ1) is 12.5. The molecule has 1 saturated heterocycles. The number of esters is 1. The molecule has 0 bridgehead atoms. The van der Waals surface area contributed by atoms with E-state index in [1.165, 1.54) is 7.11 Å². The van der Waals surface area contributed by atoms with Crippen molar-refractivity contribution in [1.82, 2.24) is 15.1 Å². The predicted octanol–water partition coefficient (Wildman–Crippen LogP) is 2.57. The highest BCUT2D eigenvalue weighted by atomic mass is 16.5. The van der Waals surface area contributed by atoms with Gasteiger partial charge in [0.15, 0.2) is 0 Å². The molecule has 1 N–H and O–H groups in total. The standard InChI is InChI=1S/C20H29N3O3/c1-16(2)15-18(19(24)26-3)21-20(25)23-13-11-22(12-14-23)10-9-17-7-5-4-6-8-17/h4-10,16,18H,11-15H2,1-3H3,(H,21,25). The van der Waals surface area contributed by atoms with Crippen LogP contribution in [0, 0.1) is 5.92 Å². The van der Waals surface area contributed by atoms with Crippen LogP contribution in [0.15, 0.2) is 36.5 Å². The van der Waals surface area contributed by atoms with Crippen molar-refractivity contribution in [2.45, 2.75) is 26.3 Å². The van der Waals surface area contributed by atoms with Crippen LogP contribution in [0.2, 0.25) is 0 Å². The summed E-state index contributed by atoms with van der Waals surface area (Å²) in [4.78, 5) is 28.3. The normalized spacial score (nSPS) is 16.0. The van der Waals surface area contributed by atoms with Gasteiger partial charge in [-0.15, -0.1) is 0 Å². The summed E-state index contributed by atoms with van der Waals surface area (Å²) in [5.74, 6) is -0.101. The number of methoxy groups -OCH3 is 1. The lowest BCUT2D eigenvalue weighted by Crippen LogP contribution is -2.54. The largest absolute Gasteiger partial charge is 0.467 e. The second-order valence-corrected chi connectivity index (χ2v) is 6.90. The Bertz CT molecular complexity index is 608. The van der Waals surface area contributed by atoms with Gasteiger partial charge in [-0.2, -0.15) is 0 Å². The van der Waals surface area contributed by atoms with Crippen molar-refractivity contribution in [3.63, 3.8) is 0 Å². The summed E-state index contributed by atoms with van der Waals surface area (Å²) in [6.45, 7) is 6.81. The second kappa shape index (κ2) is 9.85. The Hall–Kier alpha value is -2.50. The number of rotatable bonds is 6. The molecule has 0 spiro atoms. The van der Waals surface area contributed by atoms with Gasteiger partial charge in [0.05, 0.1) is 7.11 Å². The Morgan fingerprint density at radius 1 is 1.15 bits per heavy atom. The van der Waals surface area contributed by atoms with Crippen LogP contribution in [0.4, 0.5) is 4.79 Å². The number of urea groups is 1. The Balaban J connectivity index is 1.83. The number of hydrogen-bond acceptors (Lipinski definition) is 4. The van der Waals surface area contributed by atoms with Gasteiger partial charge in [0, 0.05) is 26.2 Å². The van der Waals surface area contributed by atoms with Crippen molar-refractivity contribution >= 4 is 18.1 Å². The first-order valence-corrected chi connectivity index (χ1v) is 9.10. The SMILES string of the molecule is COC(=O)C(CC(C)C)NC(=O)N1CCN(C=Cc2ccccc2)CC1. The first kappa shape index (κ1) is 19.8. The number of carbonyl (C=O) groups excluding carboxylic acids is 2. The Morgan fingerprint density at radius 3 is 2.38 bits per heavy atom. The van der Waals surface area contributed by atoms with E-state index in [2.05, 4.69) is 34.6 Å². The topological polar surface area (TPSA) is 61.9 Å². The van der Waals surface area contributed by atoms with Crippen molar-refractivity contribution < 1.29 is 14.3 Å². The van der Waals surface area contributed by atoms with Gasteiger partial charge in [-0.3, -0.25) is 0 Å². The smallest absolute Gasteiger partial charge is 0.328 e. The van der Waals surface area contributed by atoms with Crippen LogP contribution in [-0.4, -0.2) is 61.1 Å². The van der Waals surface area contributed by atoms with E-state index in [0.717, 1.165) is 18.7 Å². The van der Waals surface area contributed by atoms with Gasteiger partial charge in [0.2, 0.25) is 0 Å². The number of nitrogens with one attached hydrogen (secondary N) is 1. The van der Waals surface area contributed by atoms with E-state index in [4.69, 9.17) is 4.74 Å². The summed E-state index contributed by atoms with van der Waals surface area (Å²) in [5, 5.41) is 2.82. The minimum Gasteiger partial charge on any atom is -0.467 e. The molecular formula is C20H29N3O3. The van der Waals surface area contributed by atoms with E-state index in [0.29, 0.717) is 25.4 Å². The predicted molar refractivity (Wildman–Crippen MR) is 102 cm³/mol. The van der Waals surface area contributed by atoms with Crippen LogP contribution in [0.5, 0.6) is 0 Å². The molecule has 0 aromatic heterocycles. The number of amides is 2. The van der Waals surface area contributed by atoms with Crippen molar-refractivity contribution in [3.05, 3.63) is 42.1 Å². The second-order valence-electron chi connectivity index (χ2n) is 6.90. The van der Waals surface area contributed by atoms with E-state index < -0.39 is 12.0 Å². The molecule has 1 heterocycles. The zero-order valence-electron chi connectivity index (χ0n) is 15.9. The molecule has 1 aliphatic heterocycles. The zero-order chi connectivity index (χ0) is 18.9. The molecule has 1 unspecified atom stereocenters. The Labute approximate surface area is 155 Å². The summed E-state index contributed by atoms with van der Waals surface area (Å²) >= 11 is 0. The molecule has 6 heteroatoms. The fourth-order valence-corrected chi connectivity index (χ4v) is 2.90. The third kappa shape index (κ3) is 6.10. The quantitative estimate of drug-likeness (QED) is 0.793. The van der Waals surface area contributed by atoms with E-state index in [1.54, 1.807) is 4.90 Å². The minimum absolute atomic E-state index is 0.201. The molecule has 1 aliphatic rings. The highest BCUT2D eigenvalue weighted by Crippen LogP contribution is 2.09. The monoisotopic (exact) mass is 359 g/mol. The first-order valence-electron chi connectivity index (χ1n) is 9.10. The number of nitrogens with zero attached hydrogens (tertiary/aromatic N) is 2. The third-order valence-electron chi connectivity index (χ3n) is 4.37. The van der Waals surface area contributed by atoms with Gasteiger partial charge in [0.1, 0.15) is 6.04 Å². The van der Waals surface area contributed by atoms with Gasteiger partial charge in [-0.1, -0.05) is 44.2 Å².